The molecular weight excluding hydrogens is 248 g/mol. The maximum absolute atomic E-state index is 8.80. The summed E-state index contributed by atoms with van der Waals surface area (Å²) in [7, 11) is 1.58. The number of hydrogen-bond acceptors (Lipinski definition) is 5. The number of rotatable bonds is 4. The van der Waals surface area contributed by atoms with Gasteiger partial charge in [-0.1, -0.05) is 5.16 Å². The summed E-state index contributed by atoms with van der Waals surface area (Å²) in [6.45, 7) is 1.38. The summed E-state index contributed by atoms with van der Waals surface area (Å²) in [4.78, 5) is 0. The third-order valence-electron chi connectivity index (χ3n) is 3.03. The van der Waals surface area contributed by atoms with E-state index in [2.05, 4.69) is 5.16 Å². The van der Waals surface area contributed by atoms with Crippen LogP contribution in [0.4, 0.5) is 0 Å². The zero-order chi connectivity index (χ0) is 13.7. The highest BCUT2D eigenvalue weighted by atomic mass is 16.5. The minimum absolute atomic E-state index is 0.0183. The van der Waals surface area contributed by atoms with Gasteiger partial charge in [0.05, 0.1) is 25.9 Å². The zero-order valence-corrected chi connectivity index (χ0v) is 10.8. The number of nitrogens with zero attached hydrogens (tertiary/aromatic N) is 1. The van der Waals surface area contributed by atoms with Gasteiger partial charge < -0.3 is 25.2 Å². The largest absolute Gasteiger partial charge is 0.497 e. The van der Waals surface area contributed by atoms with Gasteiger partial charge in [0, 0.05) is 18.9 Å². The van der Waals surface area contributed by atoms with E-state index < -0.39 is 0 Å². The van der Waals surface area contributed by atoms with Crippen LogP contribution >= 0.6 is 0 Å². The fourth-order valence-corrected chi connectivity index (χ4v) is 1.97. The van der Waals surface area contributed by atoms with Crippen LogP contribution in [-0.2, 0) is 4.74 Å². The first kappa shape index (κ1) is 13.5. The van der Waals surface area contributed by atoms with Gasteiger partial charge in [0.2, 0.25) is 0 Å². The summed E-state index contributed by atoms with van der Waals surface area (Å²) in [5.74, 6) is 1.24. The molecule has 0 atom stereocenters. The van der Waals surface area contributed by atoms with Crippen molar-refractivity contribution in [2.75, 3.05) is 20.3 Å². The van der Waals surface area contributed by atoms with E-state index in [0.717, 1.165) is 12.8 Å². The summed E-state index contributed by atoms with van der Waals surface area (Å²) in [6.07, 6.45) is 1.73. The lowest BCUT2D eigenvalue weighted by Crippen LogP contribution is -2.27. The maximum atomic E-state index is 8.80. The van der Waals surface area contributed by atoms with Crippen LogP contribution in [0.15, 0.2) is 23.4 Å². The molecule has 0 aliphatic carbocycles. The summed E-state index contributed by atoms with van der Waals surface area (Å²) in [5.41, 5.74) is 6.20. The number of benzene rings is 1. The molecule has 6 heteroatoms. The van der Waals surface area contributed by atoms with E-state index in [0.29, 0.717) is 30.3 Å². The molecule has 0 aromatic heterocycles. The van der Waals surface area contributed by atoms with Gasteiger partial charge in [-0.25, -0.2) is 0 Å². The summed E-state index contributed by atoms with van der Waals surface area (Å²) < 4.78 is 16.4. The van der Waals surface area contributed by atoms with Crippen molar-refractivity contribution in [3.63, 3.8) is 0 Å². The van der Waals surface area contributed by atoms with Crippen molar-refractivity contribution in [1.29, 1.82) is 0 Å². The molecule has 19 heavy (non-hydrogen) atoms. The maximum Gasteiger partial charge on any atom is 0.173 e. The second-order valence-corrected chi connectivity index (χ2v) is 4.28. The molecule has 1 aliphatic rings. The highest BCUT2D eigenvalue weighted by molar-refractivity contribution is 5.99. The Morgan fingerprint density at radius 2 is 2.16 bits per heavy atom. The Morgan fingerprint density at radius 3 is 2.79 bits per heavy atom. The molecule has 1 fully saturated rings. The summed E-state index contributed by atoms with van der Waals surface area (Å²) >= 11 is 0. The van der Waals surface area contributed by atoms with Crippen LogP contribution in [0, 0.1) is 0 Å². The van der Waals surface area contributed by atoms with Crippen LogP contribution in [0.5, 0.6) is 11.5 Å². The Kier molecular flexibility index (Phi) is 4.46. The molecule has 0 amide bonds. The SMILES string of the molecule is COc1ccc(/C(N)=N/O)c(OC2CCOCC2)c1. The molecule has 1 aromatic rings. The van der Waals surface area contributed by atoms with Crippen LogP contribution in [0.3, 0.4) is 0 Å². The van der Waals surface area contributed by atoms with Gasteiger partial charge in [-0.05, 0) is 12.1 Å². The Balaban J connectivity index is 2.24. The van der Waals surface area contributed by atoms with Crippen molar-refractivity contribution in [1.82, 2.24) is 0 Å². The molecule has 0 unspecified atom stereocenters. The van der Waals surface area contributed by atoms with Crippen LogP contribution in [0.1, 0.15) is 18.4 Å². The van der Waals surface area contributed by atoms with Crippen molar-refractivity contribution in [3.05, 3.63) is 23.8 Å². The number of hydrogen-bond donors (Lipinski definition) is 2. The Morgan fingerprint density at radius 1 is 1.42 bits per heavy atom. The van der Waals surface area contributed by atoms with E-state index in [9.17, 15) is 0 Å². The lowest BCUT2D eigenvalue weighted by atomic mass is 10.1. The molecule has 0 radical (unpaired) electrons. The molecular formula is C13H18N2O4. The van der Waals surface area contributed by atoms with Gasteiger partial charge in [-0.3, -0.25) is 0 Å². The average molecular weight is 266 g/mol. The fourth-order valence-electron chi connectivity index (χ4n) is 1.97. The second kappa shape index (κ2) is 6.29. The first-order chi connectivity index (χ1) is 9.24. The highest BCUT2D eigenvalue weighted by Gasteiger charge is 2.18. The van der Waals surface area contributed by atoms with Gasteiger partial charge in [0.1, 0.15) is 17.6 Å². The zero-order valence-electron chi connectivity index (χ0n) is 10.8. The molecule has 0 spiro atoms. The predicted octanol–water partition coefficient (Wildman–Crippen LogP) is 1.35. The van der Waals surface area contributed by atoms with Crippen molar-refractivity contribution in [2.45, 2.75) is 18.9 Å². The van der Waals surface area contributed by atoms with E-state index in [1.54, 1.807) is 25.3 Å². The fraction of sp³-hybridized carbons (Fsp3) is 0.462. The minimum atomic E-state index is 0.0183. The molecule has 0 bridgehead atoms. The smallest absolute Gasteiger partial charge is 0.173 e. The normalized spacial score (nSPS) is 17.2. The quantitative estimate of drug-likeness (QED) is 0.372. The number of ether oxygens (including phenoxy) is 3. The molecule has 1 aliphatic heterocycles. The molecule has 3 N–H and O–H groups in total. The molecule has 104 valence electrons. The Bertz CT molecular complexity index is 456. The number of amidine groups is 1. The van der Waals surface area contributed by atoms with E-state index in [4.69, 9.17) is 25.2 Å². The van der Waals surface area contributed by atoms with Crippen LogP contribution in [-0.4, -0.2) is 37.5 Å². The van der Waals surface area contributed by atoms with E-state index in [-0.39, 0.29) is 11.9 Å². The number of nitrogens with two attached hydrogens (primary N) is 1. The minimum Gasteiger partial charge on any atom is -0.497 e. The van der Waals surface area contributed by atoms with Crippen LogP contribution in [0.25, 0.3) is 0 Å². The average Bonchev–Trinajstić information content (AvgIpc) is 2.47. The first-order valence-corrected chi connectivity index (χ1v) is 6.15. The molecule has 1 saturated heterocycles. The van der Waals surface area contributed by atoms with Gasteiger partial charge in [-0.2, -0.15) is 0 Å². The standard InChI is InChI=1S/C13H18N2O4/c1-17-10-2-3-11(13(14)15-16)12(8-10)19-9-4-6-18-7-5-9/h2-3,8-9,16H,4-7H2,1H3,(H2,14,15). The van der Waals surface area contributed by atoms with Crippen molar-refractivity contribution in [2.24, 2.45) is 10.9 Å². The summed E-state index contributed by atoms with van der Waals surface area (Å²) in [5, 5.41) is 11.8. The van der Waals surface area contributed by atoms with Gasteiger partial charge in [-0.15, -0.1) is 0 Å². The lowest BCUT2D eigenvalue weighted by Gasteiger charge is -2.24. The lowest BCUT2D eigenvalue weighted by molar-refractivity contribution is 0.0254. The van der Waals surface area contributed by atoms with Gasteiger partial charge in [0.15, 0.2) is 5.84 Å². The molecule has 6 nitrogen and oxygen atoms in total. The molecule has 1 heterocycles. The number of oxime groups is 1. The van der Waals surface area contributed by atoms with Crippen molar-refractivity contribution >= 4 is 5.84 Å². The van der Waals surface area contributed by atoms with Crippen LogP contribution in [0.2, 0.25) is 0 Å². The van der Waals surface area contributed by atoms with E-state index >= 15 is 0 Å². The van der Waals surface area contributed by atoms with Crippen molar-refractivity contribution in [3.8, 4) is 11.5 Å². The topological polar surface area (TPSA) is 86.3 Å². The monoisotopic (exact) mass is 266 g/mol. The molecule has 0 saturated carbocycles. The van der Waals surface area contributed by atoms with Crippen molar-refractivity contribution < 1.29 is 19.4 Å². The Labute approximate surface area is 111 Å². The predicted molar refractivity (Wildman–Crippen MR) is 70.0 cm³/mol. The summed E-state index contributed by atoms with van der Waals surface area (Å²) in [6, 6.07) is 5.19. The Hall–Kier alpha value is -1.95. The van der Waals surface area contributed by atoms with E-state index in [1.807, 2.05) is 0 Å². The first-order valence-electron chi connectivity index (χ1n) is 6.15. The second-order valence-electron chi connectivity index (χ2n) is 4.28. The third kappa shape index (κ3) is 3.29. The third-order valence-corrected chi connectivity index (χ3v) is 3.03. The van der Waals surface area contributed by atoms with Crippen LogP contribution < -0.4 is 15.2 Å². The number of methoxy groups -OCH3 is 1. The van der Waals surface area contributed by atoms with E-state index in [1.165, 1.54) is 0 Å². The van der Waals surface area contributed by atoms with Gasteiger partial charge >= 0.3 is 0 Å². The molecule has 1 aromatic carbocycles. The van der Waals surface area contributed by atoms with Gasteiger partial charge in [0.25, 0.3) is 0 Å². The highest BCUT2D eigenvalue weighted by Crippen LogP contribution is 2.27. The molecule has 2 rings (SSSR count).